The molecule has 40 heavy (non-hydrogen) atoms. The number of benzene rings is 2. The van der Waals surface area contributed by atoms with E-state index in [2.05, 4.69) is 21.2 Å². The predicted molar refractivity (Wildman–Crippen MR) is 148 cm³/mol. The van der Waals surface area contributed by atoms with Crippen LogP contribution < -0.4 is 5.32 Å². The number of aromatic nitrogens is 1. The highest BCUT2D eigenvalue weighted by Crippen LogP contribution is 2.39. The van der Waals surface area contributed by atoms with Crippen LogP contribution in [0.2, 0.25) is 0 Å². The first-order valence-electron chi connectivity index (χ1n) is 12.6. The monoisotopic (exact) mass is 620 g/mol. The molecule has 0 bridgehead atoms. The highest BCUT2D eigenvalue weighted by Gasteiger charge is 2.35. The van der Waals surface area contributed by atoms with Crippen molar-refractivity contribution in [2.75, 3.05) is 13.2 Å². The molecule has 1 atom stereocenters. The van der Waals surface area contributed by atoms with Gasteiger partial charge >= 0.3 is 17.9 Å². The van der Waals surface area contributed by atoms with E-state index in [9.17, 15) is 23.2 Å². The Balaban J connectivity index is 2.23. The summed E-state index contributed by atoms with van der Waals surface area (Å²) in [5, 5.41) is 2.87. The maximum absolute atomic E-state index is 13.9. The van der Waals surface area contributed by atoms with Crippen LogP contribution in [0.5, 0.6) is 0 Å². The molecule has 3 rings (SSSR count). The van der Waals surface area contributed by atoms with Gasteiger partial charge in [-0.25, -0.2) is 23.2 Å². The number of carbonyl (C=O) groups excluding carboxylic acids is 3. The zero-order valence-corrected chi connectivity index (χ0v) is 24.4. The van der Waals surface area contributed by atoms with Gasteiger partial charge in [-0.2, -0.15) is 0 Å². The summed E-state index contributed by atoms with van der Waals surface area (Å²) in [7, 11) is 0. The van der Waals surface area contributed by atoms with Crippen molar-refractivity contribution in [1.82, 2.24) is 9.88 Å². The van der Waals surface area contributed by atoms with E-state index >= 15 is 0 Å². The van der Waals surface area contributed by atoms with Crippen LogP contribution in [0, 0.1) is 11.6 Å². The van der Waals surface area contributed by atoms with Crippen LogP contribution in [0.3, 0.4) is 0 Å². The fourth-order valence-electron chi connectivity index (χ4n) is 3.95. The van der Waals surface area contributed by atoms with Crippen molar-refractivity contribution in [3.63, 3.8) is 0 Å². The molecule has 0 spiro atoms. The summed E-state index contributed by atoms with van der Waals surface area (Å²) < 4.78 is 45.5. The first-order chi connectivity index (χ1) is 18.9. The minimum Gasteiger partial charge on any atom is -0.464 e. The Morgan fingerprint density at radius 2 is 1.45 bits per heavy atom. The van der Waals surface area contributed by atoms with Crippen molar-refractivity contribution < 1.29 is 37.4 Å². The fraction of sp³-hybridized carbons (Fsp3) is 0.345. The first-order valence-corrected chi connectivity index (χ1v) is 13.4. The van der Waals surface area contributed by atoms with Crippen LogP contribution in [0.15, 0.2) is 53.0 Å². The van der Waals surface area contributed by atoms with Crippen LogP contribution >= 0.6 is 15.9 Å². The van der Waals surface area contributed by atoms with Gasteiger partial charge in [0.15, 0.2) is 0 Å². The maximum Gasteiger partial charge on any atom is 0.341 e. The van der Waals surface area contributed by atoms with Gasteiger partial charge in [-0.3, -0.25) is 5.32 Å². The van der Waals surface area contributed by atoms with Gasteiger partial charge in [-0.1, -0.05) is 0 Å². The zero-order valence-electron chi connectivity index (χ0n) is 22.8. The van der Waals surface area contributed by atoms with E-state index < -0.39 is 41.2 Å². The summed E-state index contributed by atoms with van der Waals surface area (Å²) in [6.45, 7) is 8.14. The fourth-order valence-corrected chi connectivity index (χ4v) is 4.75. The molecule has 0 aliphatic carbocycles. The van der Waals surface area contributed by atoms with Gasteiger partial charge in [0.1, 0.15) is 17.2 Å². The molecular formula is C29H31BrF2N2O6. The summed E-state index contributed by atoms with van der Waals surface area (Å²) in [6, 6.07) is 9.60. The summed E-state index contributed by atoms with van der Waals surface area (Å²) >= 11 is 3.52. The Kier molecular flexibility index (Phi) is 10.2. The summed E-state index contributed by atoms with van der Waals surface area (Å²) in [5.41, 5.74) is 0.935. The third-order valence-electron chi connectivity index (χ3n) is 5.53. The predicted octanol–water partition coefficient (Wildman–Crippen LogP) is 5.72. The van der Waals surface area contributed by atoms with E-state index in [0.29, 0.717) is 21.4 Å². The molecule has 1 unspecified atom stereocenters. The zero-order chi connectivity index (χ0) is 29.6. The van der Waals surface area contributed by atoms with Gasteiger partial charge < -0.3 is 18.8 Å². The van der Waals surface area contributed by atoms with Crippen molar-refractivity contribution >= 4 is 33.8 Å². The van der Waals surface area contributed by atoms with Crippen molar-refractivity contribution in [3.05, 3.63) is 75.9 Å². The second-order valence-corrected chi connectivity index (χ2v) is 10.4. The molecule has 1 heterocycles. The number of nitrogens with zero attached hydrogens (tertiary/aromatic N) is 1. The number of hydrogen-bond acceptors (Lipinski definition) is 7. The topological polar surface area (TPSA) is 95.9 Å². The molecule has 1 N–H and O–H groups in total. The van der Waals surface area contributed by atoms with E-state index in [1.54, 1.807) is 39.2 Å². The Morgan fingerprint density at radius 3 is 1.98 bits per heavy atom. The Hall–Kier alpha value is -3.57. The molecule has 2 aromatic carbocycles. The van der Waals surface area contributed by atoms with Crippen LogP contribution in [0.4, 0.5) is 8.78 Å². The smallest absolute Gasteiger partial charge is 0.341 e. The summed E-state index contributed by atoms with van der Waals surface area (Å²) in [6.07, 6.45) is 0. The van der Waals surface area contributed by atoms with Crippen LogP contribution in [0.1, 0.15) is 50.7 Å². The highest BCUT2D eigenvalue weighted by atomic mass is 79.9. The Labute approximate surface area is 239 Å². The number of carbonyl (C=O) groups is 3. The van der Waals surface area contributed by atoms with Gasteiger partial charge in [0.25, 0.3) is 0 Å². The van der Waals surface area contributed by atoms with Gasteiger partial charge in [-0.15, -0.1) is 0 Å². The van der Waals surface area contributed by atoms with E-state index in [4.69, 9.17) is 14.2 Å². The average molecular weight is 621 g/mol. The lowest BCUT2D eigenvalue weighted by molar-refractivity contribution is -0.165. The standard InChI is InChI=1S/C29H31BrF2N2O6/c1-6-38-26(35)22-21(16-33-24(27(36)39-7-2)28(37)40-29(3,4)5)34(20-14-12-19(32)13-15-20)25(23(22)30)17-8-10-18(31)11-9-17/h8-15,24,33H,6-7,16H2,1-5H3. The van der Waals surface area contributed by atoms with E-state index in [-0.39, 0.29) is 31.0 Å². The first kappa shape index (κ1) is 31.0. The van der Waals surface area contributed by atoms with Crippen LogP contribution in [-0.4, -0.2) is 47.3 Å². The second kappa shape index (κ2) is 13.2. The van der Waals surface area contributed by atoms with Gasteiger partial charge in [0.2, 0.25) is 6.04 Å². The van der Waals surface area contributed by atoms with E-state index in [0.717, 1.165) is 0 Å². The van der Waals surface area contributed by atoms with Crippen molar-refractivity contribution in [3.8, 4) is 16.9 Å². The molecule has 0 aliphatic heterocycles. The number of hydrogen-bond donors (Lipinski definition) is 1. The lowest BCUT2D eigenvalue weighted by atomic mass is 10.1. The molecule has 214 valence electrons. The van der Waals surface area contributed by atoms with E-state index in [1.807, 2.05) is 0 Å². The molecule has 8 nitrogen and oxygen atoms in total. The largest absolute Gasteiger partial charge is 0.464 e. The molecular weight excluding hydrogens is 590 g/mol. The molecule has 0 saturated heterocycles. The molecule has 0 amide bonds. The average Bonchev–Trinajstić information content (AvgIpc) is 3.16. The quantitative estimate of drug-likeness (QED) is 0.176. The molecule has 0 aliphatic rings. The van der Waals surface area contributed by atoms with Crippen LogP contribution in [-0.2, 0) is 30.3 Å². The molecule has 3 aromatic rings. The lowest BCUT2D eigenvalue weighted by Gasteiger charge is -2.24. The number of rotatable bonds is 10. The van der Waals surface area contributed by atoms with Crippen molar-refractivity contribution in [2.24, 2.45) is 0 Å². The van der Waals surface area contributed by atoms with Crippen LogP contribution in [0.25, 0.3) is 16.9 Å². The summed E-state index contributed by atoms with van der Waals surface area (Å²) in [4.78, 5) is 39.0. The number of nitrogens with one attached hydrogen (secondary N) is 1. The second-order valence-electron chi connectivity index (χ2n) is 9.62. The van der Waals surface area contributed by atoms with Gasteiger partial charge in [-0.05, 0) is 105 Å². The molecule has 11 heteroatoms. The Bertz CT molecular complexity index is 1370. The maximum atomic E-state index is 13.9. The molecule has 0 radical (unpaired) electrons. The SMILES string of the molecule is CCOC(=O)c1c(Br)c(-c2ccc(F)cc2)n(-c2ccc(F)cc2)c1CNC(C(=O)OCC)C(=O)OC(C)(C)C. The van der Waals surface area contributed by atoms with E-state index in [1.165, 1.54) is 48.5 Å². The van der Waals surface area contributed by atoms with Crippen molar-refractivity contribution in [2.45, 2.75) is 52.8 Å². The minimum atomic E-state index is -1.51. The lowest BCUT2D eigenvalue weighted by Crippen LogP contribution is -2.47. The normalized spacial score (nSPS) is 12.1. The molecule has 0 fully saturated rings. The Morgan fingerprint density at radius 1 is 0.900 bits per heavy atom. The molecule has 0 saturated carbocycles. The third-order valence-corrected chi connectivity index (χ3v) is 6.30. The molecule has 1 aromatic heterocycles. The number of esters is 3. The minimum absolute atomic E-state index is 0.0279. The number of ether oxygens (including phenoxy) is 3. The van der Waals surface area contributed by atoms with Crippen molar-refractivity contribution in [1.29, 1.82) is 0 Å². The van der Waals surface area contributed by atoms with Gasteiger partial charge in [0.05, 0.1) is 34.6 Å². The third kappa shape index (κ3) is 7.33. The number of halogens is 3. The summed E-state index contributed by atoms with van der Waals surface area (Å²) in [5.74, 6) is -3.33. The highest BCUT2D eigenvalue weighted by molar-refractivity contribution is 9.10. The van der Waals surface area contributed by atoms with Gasteiger partial charge in [0, 0.05) is 12.2 Å².